The molecule has 0 radical (unpaired) electrons. The standard InChI is InChI=1S/C20H28N4O4S/c1-20(2,3)22-29(27,28)17-10-11-18(19(12-17)24(25)26)21-13-15-8-6-7-9-16(15)14-23(4)5/h6-12,21-22H,13-14H2,1-5H3/p+1. The zero-order valence-electron chi connectivity index (χ0n) is 17.4. The molecular weight excluding hydrogens is 392 g/mol. The SMILES string of the molecule is C[NH+](C)Cc1ccccc1CNc1ccc(S(=O)(=O)NC(C)(C)C)cc1[N+](=O)[O-]. The molecule has 8 nitrogen and oxygen atoms in total. The summed E-state index contributed by atoms with van der Waals surface area (Å²) in [5.74, 6) is 0. The van der Waals surface area contributed by atoms with Gasteiger partial charge in [-0.05, 0) is 38.5 Å². The zero-order chi connectivity index (χ0) is 21.8. The van der Waals surface area contributed by atoms with Crippen LogP contribution in [-0.4, -0.2) is 33.0 Å². The third kappa shape index (κ3) is 6.52. The van der Waals surface area contributed by atoms with Crippen LogP contribution in [0.1, 0.15) is 31.9 Å². The second-order valence-corrected chi connectivity index (χ2v) is 9.98. The molecule has 0 saturated carbocycles. The van der Waals surface area contributed by atoms with E-state index in [1.54, 1.807) is 20.8 Å². The first kappa shape index (κ1) is 22.8. The fourth-order valence-corrected chi connectivity index (χ4v) is 4.35. The molecule has 0 heterocycles. The van der Waals surface area contributed by atoms with Crippen LogP contribution in [0.15, 0.2) is 47.4 Å². The minimum atomic E-state index is -3.86. The average molecular weight is 422 g/mol. The monoisotopic (exact) mass is 421 g/mol. The van der Waals surface area contributed by atoms with E-state index >= 15 is 0 Å². The van der Waals surface area contributed by atoms with Gasteiger partial charge in [-0.2, -0.15) is 0 Å². The van der Waals surface area contributed by atoms with E-state index in [2.05, 4.69) is 24.1 Å². The lowest BCUT2D eigenvalue weighted by Crippen LogP contribution is -3.04. The highest BCUT2D eigenvalue weighted by Gasteiger charge is 2.25. The Balaban J connectivity index is 2.30. The molecule has 0 aromatic heterocycles. The van der Waals surface area contributed by atoms with Crippen molar-refractivity contribution < 1.29 is 18.2 Å². The van der Waals surface area contributed by atoms with Crippen molar-refractivity contribution >= 4 is 21.4 Å². The van der Waals surface area contributed by atoms with E-state index in [0.717, 1.165) is 23.7 Å². The highest BCUT2D eigenvalue weighted by atomic mass is 32.2. The number of hydrogen-bond donors (Lipinski definition) is 3. The van der Waals surface area contributed by atoms with E-state index in [0.29, 0.717) is 6.54 Å². The number of benzene rings is 2. The molecule has 0 saturated heterocycles. The van der Waals surface area contributed by atoms with Gasteiger partial charge in [0.05, 0.1) is 23.9 Å². The number of quaternary nitrogens is 1. The van der Waals surface area contributed by atoms with Crippen LogP contribution in [0, 0.1) is 10.1 Å². The molecule has 0 spiro atoms. The lowest BCUT2D eigenvalue weighted by atomic mass is 10.1. The van der Waals surface area contributed by atoms with Crippen LogP contribution >= 0.6 is 0 Å². The third-order valence-electron chi connectivity index (χ3n) is 4.05. The molecule has 2 aromatic rings. The topological polar surface area (TPSA) is 106 Å². The van der Waals surface area contributed by atoms with Crippen molar-refractivity contribution in [2.75, 3.05) is 19.4 Å². The maximum Gasteiger partial charge on any atom is 0.293 e. The van der Waals surface area contributed by atoms with E-state index in [4.69, 9.17) is 0 Å². The average Bonchev–Trinajstić information content (AvgIpc) is 2.58. The van der Waals surface area contributed by atoms with Gasteiger partial charge in [-0.1, -0.05) is 24.3 Å². The van der Waals surface area contributed by atoms with Gasteiger partial charge >= 0.3 is 0 Å². The van der Waals surface area contributed by atoms with E-state index < -0.39 is 20.5 Å². The normalized spacial score (nSPS) is 12.2. The van der Waals surface area contributed by atoms with E-state index in [1.165, 1.54) is 17.0 Å². The van der Waals surface area contributed by atoms with Gasteiger partial charge in [-0.25, -0.2) is 13.1 Å². The summed E-state index contributed by atoms with van der Waals surface area (Å²) in [7, 11) is 0.248. The first-order chi connectivity index (χ1) is 13.4. The Morgan fingerprint density at radius 2 is 1.69 bits per heavy atom. The summed E-state index contributed by atoms with van der Waals surface area (Å²) < 4.78 is 27.5. The number of sulfonamides is 1. The first-order valence-corrected chi connectivity index (χ1v) is 10.8. The quantitative estimate of drug-likeness (QED) is 0.446. The Morgan fingerprint density at radius 1 is 1.07 bits per heavy atom. The van der Waals surface area contributed by atoms with E-state index in [-0.39, 0.29) is 16.3 Å². The minimum Gasteiger partial charge on any atom is -0.375 e. The van der Waals surface area contributed by atoms with Gasteiger partial charge in [0.25, 0.3) is 5.69 Å². The lowest BCUT2D eigenvalue weighted by molar-refractivity contribution is -0.872. The predicted molar refractivity (Wildman–Crippen MR) is 113 cm³/mol. The first-order valence-electron chi connectivity index (χ1n) is 9.31. The minimum absolute atomic E-state index is 0.138. The van der Waals surface area contributed by atoms with Gasteiger partial charge in [0.2, 0.25) is 10.0 Å². The Kier molecular flexibility index (Phi) is 6.99. The van der Waals surface area contributed by atoms with Crippen LogP contribution in [0.3, 0.4) is 0 Å². The number of nitro benzene ring substituents is 1. The molecular formula is C20H29N4O4S+. The second-order valence-electron chi connectivity index (χ2n) is 8.30. The smallest absolute Gasteiger partial charge is 0.293 e. The predicted octanol–water partition coefficient (Wildman–Crippen LogP) is 1.93. The Bertz CT molecular complexity index is 982. The fourth-order valence-electron chi connectivity index (χ4n) is 2.91. The molecule has 2 rings (SSSR count). The summed E-state index contributed by atoms with van der Waals surface area (Å²) in [6, 6.07) is 11.8. The van der Waals surface area contributed by atoms with Crippen molar-refractivity contribution in [1.82, 2.24) is 4.72 Å². The fraction of sp³-hybridized carbons (Fsp3) is 0.400. The van der Waals surface area contributed by atoms with Crippen LogP contribution in [0.2, 0.25) is 0 Å². The molecule has 0 unspecified atom stereocenters. The molecule has 2 aromatic carbocycles. The van der Waals surface area contributed by atoms with Gasteiger partial charge in [0, 0.05) is 23.7 Å². The third-order valence-corrected chi connectivity index (χ3v) is 5.80. The molecule has 3 N–H and O–H groups in total. The number of nitrogens with zero attached hydrogens (tertiary/aromatic N) is 1. The molecule has 0 atom stereocenters. The summed E-state index contributed by atoms with van der Waals surface area (Å²) in [6.45, 7) is 6.36. The molecule has 0 fully saturated rings. The maximum absolute atomic E-state index is 12.5. The summed E-state index contributed by atoms with van der Waals surface area (Å²) in [5, 5.41) is 14.6. The van der Waals surface area contributed by atoms with Crippen LogP contribution in [0.4, 0.5) is 11.4 Å². The van der Waals surface area contributed by atoms with Crippen molar-refractivity contribution in [1.29, 1.82) is 0 Å². The largest absolute Gasteiger partial charge is 0.375 e. The molecule has 0 aliphatic carbocycles. The van der Waals surface area contributed by atoms with Gasteiger partial charge in [0.1, 0.15) is 12.2 Å². The Labute approximate surface area is 172 Å². The van der Waals surface area contributed by atoms with Gasteiger partial charge in [-0.3, -0.25) is 10.1 Å². The Hall–Kier alpha value is -2.49. The van der Waals surface area contributed by atoms with Crippen molar-refractivity contribution in [3.05, 3.63) is 63.7 Å². The zero-order valence-corrected chi connectivity index (χ0v) is 18.3. The highest BCUT2D eigenvalue weighted by molar-refractivity contribution is 7.89. The number of nitrogens with one attached hydrogen (secondary N) is 3. The summed E-state index contributed by atoms with van der Waals surface area (Å²) in [4.78, 5) is 12.1. The van der Waals surface area contributed by atoms with E-state index in [1.807, 2.05) is 24.3 Å². The van der Waals surface area contributed by atoms with Crippen molar-refractivity contribution in [3.63, 3.8) is 0 Å². The molecule has 158 valence electrons. The lowest BCUT2D eigenvalue weighted by Gasteiger charge is -2.20. The number of anilines is 1. The number of hydrogen-bond acceptors (Lipinski definition) is 5. The molecule has 9 heteroatoms. The summed E-state index contributed by atoms with van der Waals surface area (Å²) in [6.07, 6.45) is 0. The van der Waals surface area contributed by atoms with E-state index in [9.17, 15) is 18.5 Å². The molecule has 0 amide bonds. The van der Waals surface area contributed by atoms with Crippen LogP contribution in [0.5, 0.6) is 0 Å². The summed E-state index contributed by atoms with van der Waals surface area (Å²) >= 11 is 0. The Morgan fingerprint density at radius 3 is 2.24 bits per heavy atom. The van der Waals surface area contributed by atoms with Crippen molar-refractivity contribution in [2.24, 2.45) is 0 Å². The molecule has 29 heavy (non-hydrogen) atoms. The van der Waals surface area contributed by atoms with Gasteiger partial charge < -0.3 is 10.2 Å². The molecule has 0 aliphatic heterocycles. The van der Waals surface area contributed by atoms with Crippen molar-refractivity contribution in [3.8, 4) is 0 Å². The summed E-state index contributed by atoms with van der Waals surface area (Å²) in [5.41, 5.74) is 1.49. The highest BCUT2D eigenvalue weighted by Crippen LogP contribution is 2.28. The van der Waals surface area contributed by atoms with Crippen LogP contribution in [-0.2, 0) is 23.1 Å². The van der Waals surface area contributed by atoms with Crippen LogP contribution < -0.4 is 14.9 Å². The number of nitro groups is 1. The van der Waals surface area contributed by atoms with Crippen molar-refractivity contribution in [2.45, 2.75) is 44.3 Å². The van der Waals surface area contributed by atoms with Crippen LogP contribution in [0.25, 0.3) is 0 Å². The second kappa shape index (κ2) is 8.89. The van der Waals surface area contributed by atoms with Gasteiger partial charge in [-0.15, -0.1) is 0 Å². The maximum atomic E-state index is 12.5. The molecule has 0 bridgehead atoms. The number of rotatable bonds is 8. The van der Waals surface area contributed by atoms with Gasteiger partial charge in [0.15, 0.2) is 0 Å². The molecule has 0 aliphatic rings.